The van der Waals surface area contributed by atoms with E-state index in [1.165, 1.54) is 12.1 Å². The summed E-state index contributed by atoms with van der Waals surface area (Å²) in [4.78, 5) is 22.1. The van der Waals surface area contributed by atoms with E-state index in [2.05, 4.69) is 20.8 Å². The van der Waals surface area contributed by atoms with Gasteiger partial charge in [-0.05, 0) is 36.3 Å². The van der Waals surface area contributed by atoms with Gasteiger partial charge in [-0.1, -0.05) is 20.8 Å². The number of aromatic carboxylic acids is 2. The Morgan fingerprint density at radius 1 is 1.00 bits per heavy atom. The maximum atomic E-state index is 11.1. The summed E-state index contributed by atoms with van der Waals surface area (Å²) >= 11 is 0. The Bertz CT molecular complexity index is 511. The van der Waals surface area contributed by atoms with E-state index in [0.29, 0.717) is 5.75 Å². The predicted molar refractivity (Wildman–Crippen MR) is 78.2 cm³/mol. The number of hydrogen-bond donors (Lipinski definition) is 2. The largest absolute Gasteiger partial charge is 0.543 e. The molecule has 0 aliphatic heterocycles. The second kappa shape index (κ2) is 5.28. The SMILES string of the molecule is CC(C)(C)[Si](C)(C)Oc1cc(C(=O)O)cc(C(=O)O)c1. The van der Waals surface area contributed by atoms with Crippen molar-refractivity contribution < 1.29 is 24.2 Å². The summed E-state index contributed by atoms with van der Waals surface area (Å²) in [6.07, 6.45) is 0. The highest BCUT2D eigenvalue weighted by Gasteiger charge is 2.39. The molecule has 0 heterocycles. The third-order valence-electron chi connectivity index (χ3n) is 3.58. The average molecular weight is 296 g/mol. The van der Waals surface area contributed by atoms with Crippen molar-refractivity contribution in [2.45, 2.75) is 38.9 Å². The van der Waals surface area contributed by atoms with Gasteiger partial charge in [0.1, 0.15) is 5.75 Å². The summed E-state index contributed by atoms with van der Waals surface area (Å²) in [6.45, 7) is 10.2. The molecule has 0 fully saturated rings. The van der Waals surface area contributed by atoms with Gasteiger partial charge in [-0.3, -0.25) is 0 Å². The number of hydrogen-bond acceptors (Lipinski definition) is 3. The van der Waals surface area contributed by atoms with Crippen molar-refractivity contribution in [2.75, 3.05) is 0 Å². The van der Waals surface area contributed by atoms with Crippen molar-refractivity contribution in [3.8, 4) is 5.75 Å². The normalized spacial score (nSPS) is 12.1. The Labute approximate surface area is 119 Å². The summed E-state index contributed by atoms with van der Waals surface area (Å²) in [5.74, 6) is -2.05. The maximum Gasteiger partial charge on any atom is 0.335 e. The first-order valence-corrected chi connectivity index (χ1v) is 9.15. The lowest BCUT2D eigenvalue weighted by molar-refractivity contribution is 0.0696. The topological polar surface area (TPSA) is 83.8 Å². The fourth-order valence-electron chi connectivity index (χ4n) is 1.35. The van der Waals surface area contributed by atoms with Gasteiger partial charge in [-0.25, -0.2) is 9.59 Å². The summed E-state index contributed by atoms with van der Waals surface area (Å²) in [5, 5.41) is 18.0. The quantitative estimate of drug-likeness (QED) is 0.831. The Balaban J connectivity index is 3.25. The van der Waals surface area contributed by atoms with Gasteiger partial charge in [0.2, 0.25) is 8.32 Å². The molecule has 0 atom stereocenters. The number of benzene rings is 1. The molecule has 0 saturated heterocycles. The zero-order valence-electron chi connectivity index (χ0n) is 12.4. The zero-order chi connectivity index (χ0) is 15.7. The van der Waals surface area contributed by atoms with Gasteiger partial charge in [0.05, 0.1) is 11.1 Å². The van der Waals surface area contributed by atoms with E-state index in [1.807, 2.05) is 13.1 Å². The van der Waals surface area contributed by atoms with E-state index in [9.17, 15) is 9.59 Å². The summed E-state index contributed by atoms with van der Waals surface area (Å²) < 4.78 is 5.96. The first-order chi connectivity index (χ1) is 8.94. The van der Waals surface area contributed by atoms with Crippen LogP contribution in [0.4, 0.5) is 0 Å². The lowest BCUT2D eigenvalue weighted by Crippen LogP contribution is -2.43. The predicted octanol–water partition coefficient (Wildman–Crippen LogP) is 3.47. The monoisotopic (exact) mass is 296 g/mol. The number of rotatable bonds is 4. The van der Waals surface area contributed by atoms with Gasteiger partial charge in [0.25, 0.3) is 0 Å². The minimum absolute atomic E-state index is 0.0599. The molecule has 110 valence electrons. The highest BCUT2D eigenvalue weighted by atomic mass is 28.4. The van der Waals surface area contributed by atoms with E-state index in [-0.39, 0.29) is 16.2 Å². The van der Waals surface area contributed by atoms with Crippen LogP contribution in [0.5, 0.6) is 5.75 Å². The van der Waals surface area contributed by atoms with Crippen LogP contribution in [-0.4, -0.2) is 30.5 Å². The molecule has 0 amide bonds. The van der Waals surface area contributed by atoms with Gasteiger partial charge < -0.3 is 14.6 Å². The number of carboxylic acids is 2. The fraction of sp³-hybridized carbons (Fsp3) is 0.429. The second-order valence-corrected chi connectivity index (χ2v) is 10.9. The standard InChI is InChI=1S/C14H20O5Si/c1-14(2,3)20(4,5)19-11-7-9(12(15)16)6-10(8-11)13(17)18/h6-8H,1-5H3,(H,15,16)(H,17,18). The minimum atomic E-state index is -2.15. The molecule has 0 radical (unpaired) electrons. The van der Waals surface area contributed by atoms with E-state index in [1.54, 1.807) is 0 Å². The van der Waals surface area contributed by atoms with Crippen molar-refractivity contribution in [1.29, 1.82) is 0 Å². The Morgan fingerprint density at radius 3 is 1.70 bits per heavy atom. The van der Waals surface area contributed by atoms with Gasteiger partial charge in [-0.15, -0.1) is 0 Å². The molecule has 20 heavy (non-hydrogen) atoms. The molecular formula is C14H20O5Si. The Kier molecular flexibility index (Phi) is 4.29. The van der Waals surface area contributed by atoms with E-state index in [4.69, 9.17) is 14.6 Å². The molecule has 1 aromatic carbocycles. The Morgan fingerprint density at radius 2 is 1.40 bits per heavy atom. The van der Waals surface area contributed by atoms with E-state index in [0.717, 1.165) is 6.07 Å². The van der Waals surface area contributed by atoms with Gasteiger partial charge in [-0.2, -0.15) is 0 Å². The summed E-state index contributed by atoms with van der Waals surface area (Å²) in [5.41, 5.74) is -0.169. The van der Waals surface area contributed by atoms with Crippen LogP contribution in [-0.2, 0) is 0 Å². The first-order valence-electron chi connectivity index (χ1n) is 6.25. The molecule has 0 aromatic heterocycles. The number of carboxylic acid groups (broad SMARTS) is 2. The fourth-order valence-corrected chi connectivity index (χ4v) is 2.37. The van der Waals surface area contributed by atoms with Crippen molar-refractivity contribution >= 4 is 20.3 Å². The van der Waals surface area contributed by atoms with E-state index < -0.39 is 20.3 Å². The third kappa shape index (κ3) is 3.60. The zero-order valence-corrected chi connectivity index (χ0v) is 13.4. The maximum absolute atomic E-state index is 11.1. The molecule has 5 nitrogen and oxygen atoms in total. The molecule has 0 bridgehead atoms. The van der Waals surface area contributed by atoms with Gasteiger partial charge in [0, 0.05) is 0 Å². The van der Waals surface area contributed by atoms with Crippen LogP contribution in [0, 0.1) is 0 Å². The summed E-state index contributed by atoms with van der Waals surface area (Å²) in [7, 11) is -2.15. The smallest absolute Gasteiger partial charge is 0.335 e. The van der Waals surface area contributed by atoms with Crippen LogP contribution in [0.3, 0.4) is 0 Å². The van der Waals surface area contributed by atoms with Crippen LogP contribution in [0.2, 0.25) is 18.1 Å². The molecule has 0 aliphatic carbocycles. The van der Waals surface area contributed by atoms with Crippen LogP contribution in [0.25, 0.3) is 0 Å². The average Bonchev–Trinajstić information content (AvgIpc) is 2.26. The molecule has 0 spiro atoms. The van der Waals surface area contributed by atoms with Gasteiger partial charge in [0.15, 0.2) is 0 Å². The summed E-state index contributed by atoms with van der Waals surface area (Å²) in [6, 6.07) is 3.87. The third-order valence-corrected chi connectivity index (χ3v) is 7.94. The molecule has 6 heteroatoms. The van der Waals surface area contributed by atoms with Crippen molar-refractivity contribution in [2.24, 2.45) is 0 Å². The van der Waals surface area contributed by atoms with Crippen LogP contribution < -0.4 is 4.43 Å². The van der Waals surface area contributed by atoms with Crippen LogP contribution in [0.1, 0.15) is 41.5 Å². The molecular weight excluding hydrogens is 276 g/mol. The van der Waals surface area contributed by atoms with Crippen LogP contribution >= 0.6 is 0 Å². The molecule has 0 aliphatic rings. The molecule has 1 rings (SSSR count). The lowest BCUT2D eigenvalue weighted by Gasteiger charge is -2.36. The Hall–Kier alpha value is -1.82. The van der Waals surface area contributed by atoms with Gasteiger partial charge >= 0.3 is 11.9 Å². The van der Waals surface area contributed by atoms with Crippen LogP contribution in [0.15, 0.2) is 18.2 Å². The van der Waals surface area contributed by atoms with E-state index >= 15 is 0 Å². The van der Waals surface area contributed by atoms with Crippen molar-refractivity contribution in [3.05, 3.63) is 29.3 Å². The number of carbonyl (C=O) groups is 2. The first kappa shape index (κ1) is 16.2. The highest BCUT2D eigenvalue weighted by molar-refractivity contribution is 6.74. The minimum Gasteiger partial charge on any atom is -0.543 e. The molecule has 2 N–H and O–H groups in total. The van der Waals surface area contributed by atoms with Crippen molar-refractivity contribution in [1.82, 2.24) is 0 Å². The van der Waals surface area contributed by atoms with Crippen molar-refractivity contribution in [3.63, 3.8) is 0 Å². The molecule has 0 unspecified atom stereocenters. The highest BCUT2D eigenvalue weighted by Crippen LogP contribution is 2.37. The molecule has 0 saturated carbocycles. The lowest BCUT2D eigenvalue weighted by atomic mass is 10.1. The molecule has 1 aromatic rings. The second-order valence-electron chi connectivity index (χ2n) is 6.22.